The number of carbonyl (C=O) groups excluding carboxylic acids is 1. The van der Waals surface area contributed by atoms with Gasteiger partial charge in [-0.2, -0.15) is 4.98 Å². The minimum absolute atomic E-state index is 0.106. The van der Waals surface area contributed by atoms with Gasteiger partial charge < -0.3 is 11.1 Å². The number of nitrogen functional groups attached to an aromatic ring is 1. The summed E-state index contributed by atoms with van der Waals surface area (Å²) < 4.78 is 13.0. The van der Waals surface area contributed by atoms with Crippen molar-refractivity contribution in [2.45, 2.75) is 17.3 Å². The van der Waals surface area contributed by atoms with E-state index in [0.29, 0.717) is 16.0 Å². The molecule has 0 saturated carbocycles. The summed E-state index contributed by atoms with van der Waals surface area (Å²) in [6.45, 7) is 1.73. The molecule has 10 heteroatoms. The molecule has 0 spiro atoms. The molecule has 0 aliphatic heterocycles. The van der Waals surface area contributed by atoms with Crippen LogP contribution in [0.15, 0.2) is 41.1 Å². The fourth-order valence-electron chi connectivity index (χ4n) is 1.85. The first-order valence-corrected chi connectivity index (χ1v) is 8.90. The first-order valence-electron chi connectivity index (χ1n) is 7.15. The van der Waals surface area contributed by atoms with Crippen LogP contribution >= 0.6 is 23.1 Å². The number of thioether (sulfide) groups is 1. The molecule has 0 fully saturated rings. The topological polar surface area (TPSA) is 107 Å². The number of aromatic nitrogens is 4. The van der Waals surface area contributed by atoms with E-state index in [-0.39, 0.29) is 17.7 Å². The molecule has 1 amide bonds. The molecule has 3 rings (SSSR count). The predicted octanol–water partition coefficient (Wildman–Crippen LogP) is 2.84. The second kappa shape index (κ2) is 7.53. The summed E-state index contributed by atoms with van der Waals surface area (Å²) in [6.07, 6.45) is 1.30. The van der Waals surface area contributed by atoms with Crippen molar-refractivity contribution in [3.05, 3.63) is 41.8 Å². The summed E-state index contributed by atoms with van der Waals surface area (Å²) in [6, 6.07) is 6.01. The Balaban J connectivity index is 1.64. The van der Waals surface area contributed by atoms with E-state index in [9.17, 15) is 9.18 Å². The standard InChI is InChI=1S/C15H13FN6OS2/c1-8(25-14-19-7-18-13(17)22-14)12(23)21-15-20-11(6-24-15)9-2-4-10(16)5-3-9/h2-8H,1H3,(H,20,21,23)(H2,17,18,19,22). The molecular weight excluding hydrogens is 363 g/mol. The number of anilines is 2. The molecule has 0 radical (unpaired) electrons. The number of nitrogens with zero attached hydrogens (tertiary/aromatic N) is 4. The second-order valence-corrected chi connectivity index (χ2v) is 7.09. The number of halogens is 1. The first kappa shape index (κ1) is 17.2. The van der Waals surface area contributed by atoms with Gasteiger partial charge in [0, 0.05) is 10.9 Å². The number of carbonyl (C=O) groups is 1. The van der Waals surface area contributed by atoms with Crippen molar-refractivity contribution in [2.75, 3.05) is 11.1 Å². The van der Waals surface area contributed by atoms with Gasteiger partial charge in [-0.05, 0) is 31.2 Å². The highest BCUT2D eigenvalue weighted by Gasteiger charge is 2.18. The van der Waals surface area contributed by atoms with Crippen LogP contribution in [0.2, 0.25) is 0 Å². The van der Waals surface area contributed by atoms with Crippen LogP contribution in [0.5, 0.6) is 0 Å². The Labute approximate surface area is 150 Å². The number of benzene rings is 1. The molecule has 7 nitrogen and oxygen atoms in total. The third-order valence-corrected chi connectivity index (χ3v) is 4.83. The number of hydrogen-bond acceptors (Lipinski definition) is 8. The second-order valence-electron chi connectivity index (χ2n) is 4.92. The summed E-state index contributed by atoms with van der Waals surface area (Å²) in [7, 11) is 0. The van der Waals surface area contributed by atoms with Gasteiger partial charge in [0.2, 0.25) is 11.9 Å². The van der Waals surface area contributed by atoms with Crippen molar-refractivity contribution in [1.82, 2.24) is 19.9 Å². The molecular formula is C15H13FN6OS2. The molecule has 0 bridgehead atoms. The van der Waals surface area contributed by atoms with Crippen LogP contribution in [0.1, 0.15) is 6.92 Å². The molecule has 0 aliphatic rings. The van der Waals surface area contributed by atoms with E-state index in [0.717, 1.165) is 5.56 Å². The Kier molecular flexibility index (Phi) is 5.19. The van der Waals surface area contributed by atoms with Crippen LogP contribution in [0.3, 0.4) is 0 Å². The summed E-state index contributed by atoms with van der Waals surface area (Å²) >= 11 is 2.47. The highest BCUT2D eigenvalue weighted by molar-refractivity contribution is 8.00. The minimum atomic E-state index is -0.444. The summed E-state index contributed by atoms with van der Waals surface area (Å²) in [5.74, 6) is -0.435. The maximum Gasteiger partial charge on any atom is 0.239 e. The van der Waals surface area contributed by atoms with Crippen molar-refractivity contribution >= 4 is 40.1 Å². The van der Waals surface area contributed by atoms with Gasteiger partial charge in [0.25, 0.3) is 0 Å². The highest BCUT2D eigenvalue weighted by atomic mass is 32.2. The third kappa shape index (κ3) is 4.48. The van der Waals surface area contributed by atoms with Gasteiger partial charge in [-0.1, -0.05) is 11.8 Å². The minimum Gasteiger partial charge on any atom is -0.368 e. The van der Waals surface area contributed by atoms with Gasteiger partial charge in [0.1, 0.15) is 12.1 Å². The van der Waals surface area contributed by atoms with Crippen molar-refractivity contribution in [3.63, 3.8) is 0 Å². The Morgan fingerprint density at radius 2 is 2.04 bits per heavy atom. The smallest absolute Gasteiger partial charge is 0.239 e. The molecule has 2 aromatic heterocycles. The van der Waals surface area contributed by atoms with Gasteiger partial charge in [0.05, 0.1) is 10.9 Å². The Morgan fingerprint density at radius 1 is 1.28 bits per heavy atom. The van der Waals surface area contributed by atoms with Crippen LogP contribution in [0, 0.1) is 5.82 Å². The highest BCUT2D eigenvalue weighted by Crippen LogP contribution is 2.26. The molecule has 1 unspecified atom stereocenters. The molecule has 0 aliphatic carbocycles. The average molecular weight is 376 g/mol. The fourth-order valence-corrected chi connectivity index (χ4v) is 3.31. The molecule has 3 aromatic rings. The zero-order chi connectivity index (χ0) is 17.8. The van der Waals surface area contributed by atoms with E-state index in [1.807, 2.05) is 0 Å². The number of rotatable bonds is 5. The molecule has 3 N–H and O–H groups in total. The molecule has 128 valence electrons. The Bertz CT molecular complexity index is 886. The molecule has 1 aromatic carbocycles. The van der Waals surface area contributed by atoms with E-state index < -0.39 is 5.25 Å². The number of thiazole rings is 1. The lowest BCUT2D eigenvalue weighted by molar-refractivity contribution is -0.115. The number of nitrogens with one attached hydrogen (secondary N) is 1. The zero-order valence-corrected chi connectivity index (χ0v) is 14.6. The molecule has 25 heavy (non-hydrogen) atoms. The van der Waals surface area contributed by atoms with Gasteiger partial charge >= 0.3 is 0 Å². The predicted molar refractivity (Wildman–Crippen MR) is 95.7 cm³/mol. The normalized spacial score (nSPS) is 11.9. The summed E-state index contributed by atoms with van der Waals surface area (Å²) in [5, 5.41) is 4.94. The number of nitrogens with two attached hydrogens (primary N) is 1. The van der Waals surface area contributed by atoms with Crippen LogP contribution in [0.4, 0.5) is 15.5 Å². The maximum absolute atomic E-state index is 13.0. The van der Waals surface area contributed by atoms with Gasteiger partial charge in [-0.25, -0.2) is 19.3 Å². The molecule has 2 heterocycles. The van der Waals surface area contributed by atoms with Crippen LogP contribution in [-0.4, -0.2) is 31.1 Å². The third-order valence-electron chi connectivity index (χ3n) is 3.09. The quantitative estimate of drug-likeness (QED) is 0.659. The van der Waals surface area contributed by atoms with Gasteiger partial charge in [-0.3, -0.25) is 4.79 Å². The fraction of sp³-hybridized carbons (Fsp3) is 0.133. The zero-order valence-electron chi connectivity index (χ0n) is 13.0. The summed E-state index contributed by atoms with van der Waals surface area (Å²) in [4.78, 5) is 28.2. The van der Waals surface area contributed by atoms with Crippen LogP contribution in [-0.2, 0) is 4.79 Å². The van der Waals surface area contributed by atoms with Gasteiger partial charge in [-0.15, -0.1) is 11.3 Å². The number of hydrogen-bond donors (Lipinski definition) is 2. The van der Waals surface area contributed by atoms with E-state index in [2.05, 4.69) is 25.3 Å². The van der Waals surface area contributed by atoms with E-state index in [4.69, 9.17) is 5.73 Å². The van der Waals surface area contributed by atoms with Crippen molar-refractivity contribution in [2.24, 2.45) is 0 Å². The maximum atomic E-state index is 13.0. The first-order chi connectivity index (χ1) is 12.0. The van der Waals surface area contributed by atoms with E-state index >= 15 is 0 Å². The average Bonchev–Trinajstić information content (AvgIpc) is 3.04. The lowest BCUT2D eigenvalue weighted by atomic mass is 10.2. The lowest BCUT2D eigenvalue weighted by Crippen LogP contribution is -2.22. The largest absolute Gasteiger partial charge is 0.368 e. The van der Waals surface area contributed by atoms with E-state index in [1.54, 1.807) is 24.4 Å². The molecule has 1 atom stereocenters. The monoisotopic (exact) mass is 376 g/mol. The summed E-state index contributed by atoms with van der Waals surface area (Å²) in [5.41, 5.74) is 6.94. The van der Waals surface area contributed by atoms with Crippen molar-refractivity contribution in [1.29, 1.82) is 0 Å². The van der Waals surface area contributed by atoms with Crippen LogP contribution < -0.4 is 11.1 Å². The lowest BCUT2D eigenvalue weighted by Gasteiger charge is -2.09. The number of amides is 1. The van der Waals surface area contributed by atoms with Crippen molar-refractivity contribution in [3.8, 4) is 11.3 Å². The Hall–Kier alpha value is -2.59. The Morgan fingerprint density at radius 3 is 2.76 bits per heavy atom. The van der Waals surface area contributed by atoms with E-state index in [1.165, 1.54) is 41.6 Å². The van der Waals surface area contributed by atoms with Crippen LogP contribution in [0.25, 0.3) is 11.3 Å². The van der Waals surface area contributed by atoms with Gasteiger partial charge in [0.15, 0.2) is 10.3 Å². The molecule has 0 saturated heterocycles. The van der Waals surface area contributed by atoms with Crippen molar-refractivity contribution < 1.29 is 9.18 Å². The SMILES string of the molecule is CC(Sc1ncnc(N)n1)C(=O)Nc1nc(-c2ccc(F)cc2)cs1.